The van der Waals surface area contributed by atoms with Gasteiger partial charge in [0.25, 0.3) is 0 Å². The van der Waals surface area contributed by atoms with Gasteiger partial charge < -0.3 is 9.59 Å². The molecular weight excluding hydrogens is 305 g/mol. The van der Waals surface area contributed by atoms with Gasteiger partial charge in [0.05, 0.1) is 16.7 Å². The van der Waals surface area contributed by atoms with E-state index in [0.29, 0.717) is 0 Å². The summed E-state index contributed by atoms with van der Waals surface area (Å²) in [5.74, 6) is 0. The second-order valence-corrected chi connectivity index (χ2v) is 7.51. The van der Waals surface area contributed by atoms with Crippen LogP contribution >= 0.6 is 11.3 Å². The predicted octanol–water partition coefficient (Wildman–Crippen LogP) is 2.51. The number of thiophene rings is 1. The van der Waals surface area contributed by atoms with Crippen molar-refractivity contribution in [3.8, 4) is 5.69 Å². The van der Waals surface area contributed by atoms with Gasteiger partial charge >= 0.3 is 7.48 Å². The third-order valence-electron chi connectivity index (χ3n) is 4.81. The van der Waals surface area contributed by atoms with Crippen molar-refractivity contribution in [3.05, 3.63) is 47.4 Å². The number of aromatic nitrogens is 3. The quantitative estimate of drug-likeness (QED) is 0.549. The zero-order chi connectivity index (χ0) is 15.8. The van der Waals surface area contributed by atoms with Crippen molar-refractivity contribution in [1.29, 1.82) is 0 Å². The Bertz CT molecular complexity index is 1100. The van der Waals surface area contributed by atoms with E-state index in [9.17, 15) is 5.02 Å². The molecule has 4 aromatic heterocycles. The standard InChI is InChI=1S/C17H13BN3OS/c1-17(2)11-8-20-7-10-9-6-19-4-3-12(9)21(15(10)11)13-5-14(18-22)23-16(13)17/h3-8,22H,1-2H3. The van der Waals surface area contributed by atoms with E-state index in [1.165, 1.54) is 23.4 Å². The minimum Gasteiger partial charge on any atom is -0.449 e. The van der Waals surface area contributed by atoms with E-state index in [-0.39, 0.29) is 5.41 Å². The largest absolute Gasteiger partial charge is 0.449 e. The Morgan fingerprint density at radius 3 is 2.83 bits per heavy atom. The smallest absolute Gasteiger partial charge is 0.338 e. The molecule has 0 amide bonds. The summed E-state index contributed by atoms with van der Waals surface area (Å²) < 4.78 is 3.15. The van der Waals surface area contributed by atoms with Gasteiger partial charge in [-0.3, -0.25) is 9.97 Å². The van der Waals surface area contributed by atoms with E-state index in [4.69, 9.17) is 0 Å². The second kappa shape index (κ2) is 4.22. The van der Waals surface area contributed by atoms with Crippen LogP contribution in [0.25, 0.3) is 27.5 Å². The first-order chi connectivity index (χ1) is 11.1. The third kappa shape index (κ3) is 1.50. The lowest BCUT2D eigenvalue weighted by Gasteiger charge is -2.31. The highest BCUT2D eigenvalue weighted by atomic mass is 32.1. The SMILES string of the molecule is CC1(C)c2sc([B]O)cc2-n2c3ccncc3c3cncc1c32. The molecule has 1 aliphatic heterocycles. The van der Waals surface area contributed by atoms with Crippen LogP contribution in [0.2, 0.25) is 0 Å². The van der Waals surface area contributed by atoms with E-state index >= 15 is 0 Å². The monoisotopic (exact) mass is 318 g/mol. The summed E-state index contributed by atoms with van der Waals surface area (Å²) in [5, 5.41) is 11.7. The minimum atomic E-state index is -0.147. The van der Waals surface area contributed by atoms with Crippen LogP contribution in [0, 0.1) is 0 Å². The molecule has 0 saturated carbocycles. The van der Waals surface area contributed by atoms with E-state index in [0.717, 1.165) is 26.8 Å². The molecule has 0 aromatic carbocycles. The average Bonchev–Trinajstić information content (AvgIpc) is 3.13. The number of nitrogens with zero attached hydrogens (tertiary/aromatic N) is 3. The lowest BCUT2D eigenvalue weighted by atomic mass is 9.80. The van der Waals surface area contributed by atoms with E-state index in [1.807, 2.05) is 30.9 Å². The zero-order valence-corrected chi connectivity index (χ0v) is 13.6. The molecule has 23 heavy (non-hydrogen) atoms. The average molecular weight is 318 g/mol. The first kappa shape index (κ1) is 13.3. The third-order valence-corrected chi connectivity index (χ3v) is 6.19. The normalized spacial score (nSPS) is 15.1. The summed E-state index contributed by atoms with van der Waals surface area (Å²) in [6.07, 6.45) is 7.62. The molecule has 5 rings (SSSR count). The van der Waals surface area contributed by atoms with E-state index in [2.05, 4.69) is 34.4 Å². The van der Waals surface area contributed by atoms with Gasteiger partial charge in [0.15, 0.2) is 0 Å². The van der Waals surface area contributed by atoms with Crippen LogP contribution in [0.15, 0.2) is 36.9 Å². The number of hydrogen-bond acceptors (Lipinski definition) is 4. The van der Waals surface area contributed by atoms with Gasteiger partial charge in [-0.2, -0.15) is 0 Å². The van der Waals surface area contributed by atoms with Crippen molar-refractivity contribution in [2.45, 2.75) is 19.3 Å². The van der Waals surface area contributed by atoms with Crippen molar-refractivity contribution in [2.24, 2.45) is 0 Å². The van der Waals surface area contributed by atoms with Gasteiger partial charge in [0.2, 0.25) is 0 Å². The molecule has 1 radical (unpaired) electrons. The Morgan fingerprint density at radius 1 is 1.17 bits per heavy atom. The molecule has 0 aliphatic carbocycles. The first-order valence-corrected chi connectivity index (χ1v) is 8.29. The van der Waals surface area contributed by atoms with Gasteiger partial charge in [0, 0.05) is 56.2 Å². The number of hydrogen-bond donors (Lipinski definition) is 1. The summed E-state index contributed by atoms with van der Waals surface area (Å²) in [5.41, 5.74) is 4.53. The number of fused-ring (bicyclic) bond motifs is 5. The Kier molecular flexibility index (Phi) is 2.43. The highest BCUT2D eigenvalue weighted by Crippen LogP contribution is 2.48. The molecule has 0 saturated heterocycles. The fourth-order valence-corrected chi connectivity index (χ4v) is 4.79. The molecule has 5 heterocycles. The topological polar surface area (TPSA) is 50.9 Å². The maximum atomic E-state index is 9.49. The number of pyridine rings is 2. The Balaban J connectivity index is 2.08. The molecule has 0 atom stereocenters. The minimum absolute atomic E-state index is 0.147. The molecule has 111 valence electrons. The lowest BCUT2D eigenvalue weighted by molar-refractivity contribution is 0.616. The maximum absolute atomic E-state index is 9.49. The zero-order valence-electron chi connectivity index (χ0n) is 12.7. The summed E-state index contributed by atoms with van der Waals surface area (Å²) in [4.78, 5) is 10.0. The highest BCUT2D eigenvalue weighted by Gasteiger charge is 2.37. The molecular formula is C17H13BN3OS. The molecule has 0 unspecified atom stereocenters. The Hall–Kier alpha value is -2.18. The van der Waals surface area contributed by atoms with Crippen molar-refractivity contribution in [1.82, 2.24) is 14.5 Å². The van der Waals surface area contributed by atoms with Crippen LogP contribution in [0.3, 0.4) is 0 Å². The van der Waals surface area contributed by atoms with Gasteiger partial charge in [0.1, 0.15) is 0 Å². The number of rotatable bonds is 1. The van der Waals surface area contributed by atoms with Crippen molar-refractivity contribution in [2.75, 3.05) is 0 Å². The van der Waals surface area contributed by atoms with E-state index in [1.54, 1.807) is 11.3 Å². The Labute approximate surface area is 137 Å². The van der Waals surface area contributed by atoms with Gasteiger partial charge in [-0.25, -0.2) is 0 Å². The van der Waals surface area contributed by atoms with Crippen LogP contribution < -0.4 is 4.78 Å². The van der Waals surface area contributed by atoms with Crippen LogP contribution in [0.4, 0.5) is 0 Å². The van der Waals surface area contributed by atoms with Gasteiger partial charge in [-0.15, -0.1) is 11.3 Å². The summed E-state index contributed by atoms with van der Waals surface area (Å²) >= 11 is 1.63. The molecule has 1 aliphatic rings. The highest BCUT2D eigenvalue weighted by molar-refractivity contribution is 7.21. The summed E-state index contributed by atoms with van der Waals surface area (Å²) in [7, 11) is 1.19. The van der Waals surface area contributed by atoms with Crippen molar-refractivity contribution >= 4 is 45.4 Å². The van der Waals surface area contributed by atoms with Gasteiger partial charge in [-0.1, -0.05) is 13.8 Å². The fraction of sp³-hybridized carbons (Fsp3) is 0.176. The Morgan fingerprint density at radius 2 is 2.00 bits per heavy atom. The molecule has 1 N–H and O–H groups in total. The summed E-state index contributed by atoms with van der Waals surface area (Å²) in [6.45, 7) is 4.44. The van der Waals surface area contributed by atoms with Crippen molar-refractivity contribution < 1.29 is 5.02 Å². The van der Waals surface area contributed by atoms with Crippen LogP contribution in [-0.4, -0.2) is 27.0 Å². The first-order valence-electron chi connectivity index (χ1n) is 7.47. The maximum Gasteiger partial charge on any atom is 0.338 e. The fourth-order valence-electron chi connectivity index (χ4n) is 3.71. The molecule has 0 spiro atoms. The summed E-state index contributed by atoms with van der Waals surface area (Å²) in [6, 6.07) is 4.10. The van der Waals surface area contributed by atoms with Crippen LogP contribution in [0.1, 0.15) is 24.3 Å². The second-order valence-electron chi connectivity index (χ2n) is 6.43. The van der Waals surface area contributed by atoms with Crippen LogP contribution in [0.5, 0.6) is 0 Å². The predicted molar refractivity (Wildman–Crippen MR) is 94.0 cm³/mol. The molecule has 4 aromatic rings. The molecule has 0 fully saturated rings. The van der Waals surface area contributed by atoms with E-state index < -0.39 is 0 Å². The molecule has 0 bridgehead atoms. The van der Waals surface area contributed by atoms with Crippen LogP contribution in [-0.2, 0) is 5.41 Å². The van der Waals surface area contributed by atoms with Gasteiger partial charge in [-0.05, 0) is 12.1 Å². The lowest BCUT2D eigenvalue weighted by Crippen LogP contribution is -2.24. The molecule has 4 nitrogen and oxygen atoms in total. The molecule has 6 heteroatoms. The van der Waals surface area contributed by atoms with Crippen molar-refractivity contribution in [3.63, 3.8) is 0 Å².